The van der Waals surface area contributed by atoms with Crippen molar-refractivity contribution in [3.05, 3.63) is 35.4 Å². The third-order valence-electron chi connectivity index (χ3n) is 1.85. The van der Waals surface area contributed by atoms with Crippen LogP contribution in [0.4, 0.5) is 0 Å². The molecule has 0 spiro atoms. The quantitative estimate of drug-likeness (QED) is 0.725. The van der Waals surface area contributed by atoms with Crippen molar-refractivity contribution in [3.63, 3.8) is 0 Å². The van der Waals surface area contributed by atoms with Crippen LogP contribution in [0.15, 0.2) is 24.3 Å². The molecule has 0 aliphatic heterocycles. The number of carboxylic acids is 1. The van der Waals surface area contributed by atoms with Gasteiger partial charge in [-0.1, -0.05) is 18.2 Å². The molecule has 1 N–H and O–H groups in total. The Morgan fingerprint density at radius 2 is 2.14 bits per heavy atom. The van der Waals surface area contributed by atoms with Gasteiger partial charge in [0.15, 0.2) is 0 Å². The maximum Gasteiger partial charge on any atom is 0.336 e. The molecule has 1 amide bonds. The molecule has 0 atom stereocenters. The number of amides is 1. The fraction of sp³-hybridized carbons (Fsp3) is 0.200. The largest absolute Gasteiger partial charge is 0.478 e. The molecule has 1 aromatic rings. The Morgan fingerprint density at radius 3 is 2.71 bits per heavy atom. The number of carboxylic acid groups (broad SMARTS) is 1. The third-order valence-corrected chi connectivity index (χ3v) is 1.85. The zero-order chi connectivity index (χ0) is 10.6. The van der Waals surface area contributed by atoms with Gasteiger partial charge in [-0.25, -0.2) is 4.79 Å². The predicted molar refractivity (Wildman–Crippen MR) is 50.9 cm³/mol. The topological polar surface area (TPSA) is 57.6 Å². The molecule has 0 fully saturated rings. The van der Waals surface area contributed by atoms with Crippen LogP contribution >= 0.6 is 0 Å². The van der Waals surface area contributed by atoms with E-state index in [1.54, 1.807) is 25.2 Å². The first-order valence-electron chi connectivity index (χ1n) is 4.12. The lowest BCUT2D eigenvalue weighted by molar-refractivity contribution is -0.117. The fourth-order valence-corrected chi connectivity index (χ4v) is 1.17. The van der Waals surface area contributed by atoms with Gasteiger partial charge >= 0.3 is 5.97 Å². The summed E-state index contributed by atoms with van der Waals surface area (Å²) in [5.74, 6) is -0.972. The number of carbonyl (C=O) groups is 2. The fourth-order valence-electron chi connectivity index (χ4n) is 1.17. The van der Waals surface area contributed by atoms with Crippen LogP contribution in [0.2, 0.25) is 0 Å². The summed E-state index contributed by atoms with van der Waals surface area (Å²) in [6.07, 6.45) is 0.665. The maximum atomic E-state index is 10.8. The zero-order valence-electron chi connectivity index (χ0n) is 7.80. The van der Waals surface area contributed by atoms with Crippen molar-refractivity contribution in [1.82, 2.24) is 4.90 Å². The molecule has 1 aromatic carbocycles. The summed E-state index contributed by atoms with van der Waals surface area (Å²) >= 11 is 0. The van der Waals surface area contributed by atoms with E-state index in [-0.39, 0.29) is 5.56 Å². The molecule has 0 saturated heterocycles. The Bertz CT molecular complexity index is 349. The van der Waals surface area contributed by atoms with Gasteiger partial charge in [0.25, 0.3) is 0 Å². The summed E-state index contributed by atoms with van der Waals surface area (Å²) in [5.41, 5.74) is 0.871. The maximum absolute atomic E-state index is 10.8. The Balaban J connectivity index is 2.95. The Labute approximate surface area is 81.8 Å². The second-order valence-electron chi connectivity index (χ2n) is 2.98. The lowest BCUT2D eigenvalue weighted by Gasteiger charge is -2.12. The summed E-state index contributed by atoms with van der Waals surface area (Å²) in [4.78, 5) is 22.5. The van der Waals surface area contributed by atoms with Crippen LogP contribution in [-0.2, 0) is 11.3 Å². The molecule has 0 saturated carbocycles. The first-order chi connectivity index (χ1) is 6.65. The summed E-state index contributed by atoms with van der Waals surface area (Å²) in [7, 11) is 1.60. The van der Waals surface area contributed by atoms with Crippen LogP contribution in [0.5, 0.6) is 0 Å². The van der Waals surface area contributed by atoms with E-state index >= 15 is 0 Å². The molecule has 0 aromatic heterocycles. The first-order valence-corrected chi connectivity index (χ1v) is 4.12. The summed E-state index contributed by atoms with van der Waals surface area (Å²) in [6.45, 7) is 0.311. The highest BCUT2D eigenvalue weighted by atomic mass is 16.4. The van der Waals surface area contributed by atoms with E-state index in [1.165, 1.54) is 11.0 Å². The molecule has 14 heavy (non-hydrogen) atoms. The zero-order valence-corrected chi connectivity index (χ0v) is 7.80. The van der Waals surface area contributed by atoms with Gasteiger partial charge in [0.1, 0.15) is 0 Å². The summed E-state index contributed by atoms with van der Waals surface area (Å²) in [5, 5.41) is 8.84. The van der Waals surface area contributed by atoms with Crippen molar-refractivity contribution in [2.75, 3.05) is 7.05 Å². The second kappa shape index (κ2) is 4.41. The van der Waals surface area contributed by atoms with Gasteiger partial charge in [-0.05, 0) is 11.6 Å². The average Bonchev–Trinajstić information content (AvgIpc) is 2.18. The van der Waals surface area contributed by atoms with Crippen LogP contribution in [-0.4, -0.2) is 29.4 Å². The smallest absolute Gasteiger partial charge is 0.336 e. The second-order valence-corrected chi connectivity index (χ2v) is 2.98. The Hall–Kier alpha value is -1.84. The number of rotatable bonds is 4. The number of nitrogens with zero attached hydrogens (tertiary/aromatic N) is 1. The van der Waals surface area contributed by atoms with Crippen molar-refractivity contribution in [3.8, 4) is 0 Å². The number of benzene rings is 1. The van der Waals surface area contributed by atoms with Crippen LogP contribution < -0.4 is 0 Å². The van der Waals surface area contributed by atoms with Crippen molar-refractivity contribution >= 4 is 12.4 Å². The third kappa shape index (κ3) is 2.32. The molecule has 0 aliphatic carbocycles. The van der Waals surface area contributed by atoms with Gasteiger partial charge in [0, 0.05) is 13.6 Å². The van der Waals surface area contributed by atoms with Gasteiger partial charge in [-0.2, -0.15) is 0 Å². The van der Waals surface area contributed by atoms with E-state index in [4.69, 9.17) is 5.11 Å². The lowest BCUT2D eigenvalue weighted by Crippen LogP contribution is -2.17. The normalized spacial score (nSPS) is 9.50. The number of hydrogen-bond donors (Lipinski definition) is 1. The molecular formula is C10H11NO3. The van der Waals surface area contributed by atoms with Gasteiger partial charge < -0.3 is 10.0 Å². The van der Waals surface area contributed by atoms with Crippen molar-refractivity contribution in [2.24, 2.45) is 0 Å². The summed E-state index contributed by atoms with van der Waals surface area (Å²) < 4.78 is 0. The summed E-state index contributed by atoms with van der Waals surface area (Å²) in [6, 6.07) is 6.63. The number of aromatic carboxylic acids is 1. The van der Waals surface area contributed by atoms with Crippen LogP contribution in [0.1, 0.15) is 15.9 Å². The predicted octanol–water partition coefficient (Wildman–Crippen LogP) is 0.973. The molecule has 1 rings (SSSR count). The van der Waals surface area contributed by atoms with Crippen molar-refractivity contribution < 1.29 is 14.7 Å². The van der Waals surface area contributed by atoms with E-state index in [9.17, 15) is 9.59 Å². The van der Waals surface area contributed by atoms with E-state index < -0.39 is 5.97 Å². The van der Waals surface area contributed by atoms with Crippen molar-refractivity contribution in [2.45, 2.75) is 6.54 Å². The standard InChI is InChI=1S/C10H11NO3/c1-11(7-12)6-8-4-2-3-5-9(8)10(13)14/h2-5,7H,6H2,1H3,(H,13,14). The van der Waals surface area contributed by atoms with Crippen molar-refractivity contribution in [1.29, 1.82) is 0 Å². The molecule has 0 radical (unpaired) electrons. The minimum Gasteiger partial charge on any atom is -0.478 e. The van der Waals surface area contributed by atoms with E-state index in [0.717, 1.165) is 0 Å². The highest BCUT2D eigenvalue weighted by Crippen LogP contribution is 2.10. The minimum absolute atomic E-state index is 0.237. The molecule has 0 heterocycles. The highest BCUT2D eigenvalue weighted by Gasteiger charge is 2.09. The molecule has 4 nitrogen and oxygen atoms in total. The monoisotopic (exact) mass is 193 g/mol. The highest BCUT2D eigenvalue weighted by molar-refractivity contribution is 5.89. The van der Waals surface area contributed by atoms with Crippen LogP contribution in [0.3, 0.4) is 0 Å². The SMILES string of the molecule is CN(C=O)Cc1ccccc1C(=O)O. The molecular weight excluding hydrogens is 182 g/mol. The molecule has 0 bridgehead atoms. The molecule has 0 aliphatic rings. The molecule has 4 heteroatoms. The van der Waals surface area contributed by atoms with E-state index in [2.05, 4.69) is 0 Å². The van der Waals surface area contributed by atoms with Crippen LogP contribution in [0, 0.1) is 0 Å². The molecule has 0 unspecified atom stereocenters. The Morgan fingerprint density at radius 1 is 1.50 bits per heavy atom. The van der Waals surface area contributed by atoms with E-state index in [1.807, 2.05) is 0 Å². The van der Waals surface area contributed by atoms with Gasteiger partial charge in [-0.3, -0.25) is 4.79 Å². The van der Waals surface area contributed by atoms with Gasteiger partial charge in [0.2, 0.25) is 6.41 Å². The minimum atomic E-state index is -0.972. The lowest BCUT2D eigenvalue weighted by atomic mass is 10.1. The van der Waals surface area contributed by atoms with Gasteiger partial charge in [0.05, 0.1) is 5.56 Å². The number of carbonyl (C=O) groups excluding carboxylic acids is 1. The van der Waals surface area contributed by atoms with Gasteiger partial charge in [-0.15, -0.1) is 0 Å². The Kier molecular flexibility index (Phi) is 3.23. The number of hydrogen-bond acceptors (Lipinski definition) is 2. The average molecular weight is 193 g/mol. The first kappa shape index (κ1) is 10.2. The van der Waals surface area contributed by atoms with E-state index in [0.29, 0.717) is 18.5 Å². The molecule has 74 valence electrons. The van der Waals surface area contributed by atoms with Crippen LogP contribution in [0.25, 0.3) is 0 Å².